The van der Waals surface area contributed by atoms with E-state index in [-0.39, 0.29) is 11.5 Å². The summed E-state index contributed by atoms with van der Waals surface area (Å²) >= 11 is 5.91. The SMILES string of the molecule is O=C(O)[C@H](CS)Nc1ccc(O)c(I)c1. The van der Waals surface area contributed by atoms with Crippen LogP contribution < -0.4 is 5.32 Å². The normalized spacial score (nSPS) is 12.1. The van der Waals surface area contributed by atoms with Crippen LogP contribution >= 0.6 is 35.2 Å². The largest absolute Gasteiger partial charge is 0.507 e. The summed E-state index contributed by atoms with van der Waals surface area (Å²) < 4.78 is 0.668. The number of aromatic hydroxyl groups is 1. The molecule has 4 nitrogen and oxygen atoms in total. The van der Waals surface area contributed by atoms with Gasteiger partial charge in [0.05, 0.1) is 3.57 Å². The Balaban J connectivity index is 2.80. The molecule has 0 unspecified atom stereocenters. The molecule has 0 aliphatic heterocycles. The van der Waals surface area contributed by atoms with Crippen molar-refractivity contribution < 1.29 is 15.0 Å². The molecule has 0 heterocycles. The highest BCUT2D eigenvalue weighted by molar-refractivity contribution is 14.1. The number of halogens is 1. The van der Waals surface area contributed by atoms with E-state index < -0.39 is 12.0 Å². The Labute approximate surface area is 106 Å². The van der Waals surface area contributed by atoms with Crippen LogP contribution in [-0.2, 0) is 4.79 Å². The summed E-state index contributed by atoms with van der Waals surface area (Å²) in [5.41, 5.74) is 0.652. The van der Waals surface area contributed by atoms with Gasteiger partial charge in [0.25, 0.3) is 0 Å². The highest BCUT2D eigenvalue weighted by atomic mass is 127. The van der Waals surface area contributed by atoms with E-state index in [1.807, 2.05) is 22.6 Å². The number of phenols is 1. The van der Waals surface area contributed by atoms with Crippen molar-refractivity contribution in [3.63, 3.8) is 0 Å². The van der Waals surface area contributed by atoms with Crippen LogP contribution in [0, 0.1) is 3.57 Å². The van der Waals surface area contributed by atoms with Crippen molar-refractivity contribution in [1.29, 1.82) is 0 Å². The number of carboxylic acids is 1. The Morgan fingerprint density at radius 2 is 2.27 bits per heavy atom. The predicted octanol–water partition coefficient (Wildman–Crippen LogP) is 1.79. The average molecular weight is 339 g/mol. The van der Waals surface area contributed by atoms with Crippen LogP contribution in [0.2, 0.25) is 0 Å². The van der Waals surface area contributed by atoms with E-state index in [0.29, 0.717) is 9.26 Å². The Morgan fingerprint density at radius 1 is 1.60 bits per heavy atom. The summed E-state index contributed by atoms with van der Waals surface area (Å²) in [6, 6.07) is 4.09. The zero-order valence-electron chi connectivity index (χ0n) is 7.64. The topological polar surface area (TPSA) is 69.6 Å². The highest BCUT2D eigenvalue weighted by Crippen LogP contribution is 2.23. The predicted molar refractivity (Wildman–Crippen MR) is 69.7 cm³/mol. The first-order valence-corrected chi connectivity index (χ1v) is 5.84. The van der Waals surface area contributed by atoms with Gasteiger partial charge in [-0.3, -0.25) is 0 Å². The monoisotopic (exact) mass is 339 g/mol. The minimum Gasteiger partial charge on any atom is -0.507 e. The maximum atomic E-state index is 10.7. The van der Waals surface area contributed by atoms with Crippen LogP contribution in [0.4, 0.5) is 5.69 Å². The van der Waals surface area contributed by atoms with Crippen LogP contribution in [0.5, 0.6) is 5.75 Å². The first-order valence-electron chi connectivity index (χ1n) is 4.13. The number of carbonyl (C=O) groups is 1. The molecule has 0 saturated heterocycles. The number of carboxylic acid groups (broad SMARTS) is 1. The van der Waals surface area contributed by atoms with Gasteiger partial charge in [-0.1, -0.05) is 0 Å². The zero-order valence-corrected chi connectivity index (χ0v) is 10.7. The minimum absolute atomic E-state index is 0.180. The zero-order chi connectivity index (χ0) is 11.4. The van der Waals surface area contributed by atoms with E-state index >= 15 is 0 Å². The van der Waals surface area contributed by atoms with Gasteiger partial charge in [0.1, 0.15) is 11.8 Å². The molecule has 0 aromatic heterocycles. The Morgan fingerprint density at radius 3 is 2.73 bits per heavy atom. The molecule has 0 saturated carbocycles. The standard InChI is InChI=1S/C9H10INO3S/c10-6-3-5(1-2-8(6)12)11-7(4-15)9(13)14/h1-3,7,11-12,15H,4H2,(H,13,14)/t7-/m0/s1. The number of rotatable bonds is 4. The molecule has 0 bridgehead atoms. The molecule has 1 atom stereocenters. The van der Waals surface area contributed by atoms with Crippen molar-refractivity contribution in [2.75, 3.05) is 11.1 Å². The molecule has 1 rings (SSSR count). The quantitative estimate of drug-likeness (QED) is 0.384. The lowest BCUT2D eigenvalue weighted by atomic mass is 10.2. The first-order chi connectivity index (χ1) is 7.04. The Kier molecular flexibility index (Phi) is 4.52. The number of hydrogen-bond donors (Lipinski definition) is 4. The first kappa shape index (κ1) is 12.4. The fourth-order valence-electron chi connectivity index (χ4n) is 0.983. The molecule has 0 fully saturated rings. The van der Waals surface area contributed by atoms with Crippen molar-refractivity contribution in [2.24, 2.45) is 0 Å². The van der Waals surface area contributed by atoms with E-state index in [1.54, 1.807) is 12.1 Å². The molecular formula is C9H10INO3S. The van der Waals surface area contributed by atoms with Gasteiger partial charge in [-0.2, -0.15) is 12.6 Å². The summed E-state index contributed by atoms with van der Waals surface area (Å²) in [7, 11) is 0. The summed E-state index contributed by atoms with van der Waals surface area (Å²) in [6.45, 7) is 0. The van der Waals surface area contributed by atoms with Crippen LogP contribution in [0.15, 0.2) is 18.2 Å². The van der Waals surface area contributed by atoms with Crippen molar-refractivity contribution >= 4 is 46.9 Å². The van der Waals surface area contributed by atoms with E-state index in [9.17, 15) is 9.90 Å². The lowest BCUT2D eigenvalue weighted by Crippen LogP contribution is -2.30. The maximum Gasteiger partial charge on any atom is 0.326 e. The van der Waals surface area contributed by atoms with Crippen molar-refractivity contribution in [3.05, 3.63) is 21.8 Å². The third kappa shape index (κ3) is 3.45. The van der Waals surface area contributed by atoms with Gasteiger partial charge in [-0.15, -0.1) is 0 Å². The molecule has 0 spiro atoms. The lowest BCUT2D eigenvalue weighted by molar-refractivity contribution is -0.137. The van der Waals surface area contributed by atoms with Crippen molar-refractivity contribution in [1.82, 2.24) is 0 Å². The van der Waals surface area contributed by atoms with Gasteiger partial charge < -0.3 is 15.5 Å². The summed E-state index contributed by atoms with van der Waals surface area (Å²) in [5, 5.41) is 20.9. The molecule has 1 aromatic carbocycles. The lowest BCUT2D eigenvalue weighted by Gasteiger charge is -2.13. The number of thiol groups is 1. The highest BCUT2D eigenvalue weighted by Gasteiger charge is 2.15. The van der Waals surface area contributed by atoms with Gasteiger partial charge >= 0.3 is 5.97 Å². The molecule has 3 N–H and O–H groups in total. The van der Waals surface area contributed by atoms with E-state index in [0.717, 1.165) is 0 Å². The fourth-order valence-corrected chi connectivity index (χ4v) is 1.75. The molecular weight excluding hydrogens is 329 g/mol. The number of hydrogen-bond acceptors (Lipinski definition) is 4. The summed E-state index contributed by atoms with van der Waals surface area (Å²) in [5.74, 6) is -0.570. The van der Waals surface area contributed by atoms with Crippen LogP contribution in [0.1, 0.15) is 0 Å². The Bertz CT molecular complexity index is 372. The number of aliphatic carboxylic acids is 1. The smallest absolute Gasteiger partial charge is 0.326 e. The molecule has 0 amide bonds. The molecule has 0 aliphatic carbocycles. The van der Waals surface area contributed by atoms with Gasteiger partial charge in [0, 0.05) is 11.4 Å². The number of nitrogens with one attached hydrogen (secondary N) is 1. The van der Waals surface area contributed by atoms with E-state index in [4.69, 9.17) is 5.11 Å². The van der Waals surface area contributed by atoms with Crippen molar-refractivity contribution in [3.8, 4) is 5.75 Å². The molecule has 0 radical (unpaired) electrons. The van der Waals surface area contributed by atoms with E-state index in [2.05, 4.69) is 17.9 Å². The second-order valence-electron chi connectivity index (χ2n) is 2.88. The fraction of sp³-hybridized carbons (Fsp3) is 0.222. The van der Waals surface area contributed by atoms with Crippen LogP contribution in [-0.4, -0.2) is 28.0 Å². The van der Waals surface area contributed by atoms with E-state index in [1.165, 1.54) is 6.07 Å². The number of phenolic OH excluding ortho intramolecular Hbond substituents is 1. The van der Waals surface area contributed by atoms with Gasteiger partial charge in [-0.05, 0) is 40.8 Å². The third-order valence-electron chi connectivity index (χ3n) is 1.77. The second kappa shape index (κ2) is 5.45. The molecule has 15 heavy (non-hydrogen) atoms. The Hall–Kier alpha value is -0.630. The van der Waals surface area contributed by atoms with Crippen LogP contribution in [0.3, 0.4) is 0 Å². The number of benzene rings is 1. The van der Waals surface area contributed by atoms with Gasteiger partial charge in [-0.25, -0.2) is 4.79 Å². The van der Waals surface area contributed by atoms with Crippen LogP contribution in [0.25, 0.3) is 0 Å². The summed E-state index contributed by atoms with van der Waals surface area (Å²) in [4.78, 5) is 10.7. The second-order valence-corrected chi connectivity index (χ2v) is 4.41. The summed E-state index contributed by atoms with van der Waals surface area (Å²) in [6.07, 6.45) is 0. The van der Waals surface area contributed by atoms with Crippen molar-refractivity contribution in [2.45, 2.75) is 6.04 Å². The maximum absolute atomic E-state index is 10.7. The number of anilines is 1. The molecule has 0 aliphatic rings. The van der Waals surface area contributed by atoms with Gasteiger partial charge in [0.15, 0.2) is 0 Å². The average Bonchev–Trinajstić information content (AvgIpc) is 2.19. The molecule has 6 heteroatoms. The van der Waals surface area contributed by atoms with Gasteiger partial charge in [0.2, 0.25) is 0 Å². The molecule has 1 aromatic rings. The molecule has 82 valence electrons. The minimum atomic E-state index is -0.951. The third-order valence-corrected chi connectivity index (χ3v) is 3.00.